The smallest absolute Gasteiger partial charge is 0.160 e. The molecule has 0 aliphatic heterocycles. The molecule has 11 rings (SSSR count). The minimum Gasteiger partial charge on any atom is -0.309 e. The third-order valence-corrected chi connectivity index (χ3v) is 10.8. The van der Waals surface area contributed by atoms with Crippen LogP contribution in [0.5, 0.6) is 0 Å². The number of benzene rings is 7. The van der Waals surface area contributed by atoms with Gasteiger partial charge >= 0.3 is 0 Å². The summed E-state index contributed by atoms with van der Waals surface area (Å²) in [5.74, 6) is 0.699. The highest BCUT2D eigenvalue weighted by molar-refractivity contribution is 6.15. The summed E-state index contributed by atoms with van der Waals surface area (Å²) in [6.07, 6.45) is 1.89. The normalized spacial score (nSPS) is 11.6. The van der Waals surface area contributed by atoms with Gasteiger partial charge in [0.15, 0.2) is 5.82 Å². The highest BCUT2D eigenvalue weighted by Crippen LogP contribution is 2.41. The Morgan fingerprint density at radius 2 is 0.982 bits per heavy atom. The predicted octanol–water partition coefficient (Wildman–Crippen LogP) is 12.7. The lowest BCUT2D eigenvalue weighted by molar-refractivity contribution is 1.16. The van der Waals surface area contributed by atoms with Crippen molar-refractivity contribution in [1.29, 1.82) is 0 Å². The van der Waals surface area contributed by atoms with Crippen molar-refractivity contribution >= 4 is 43.7 Å². The molecular weight excluding hydrogens is 683 g/mol. The second-order valence-corrected chi connectivity index (χ2v) is 14.1. The van der Waals surface area contributed by atoms with Gasteiger partial charge in [-0.05, 0) is 66.2 Å². The topological polar surface area (TPSA) is 48.5 Å². The van der Waals surface area contributed by atoms with Crippen LogP contribution in [0.1, 0.15) is 0 Å². The zero-order valence-corrected chi connectivity index (χ0v) is 30.3. The van der Waals surface area contributed by atoms with E-state index in [9.17, 15) is 0 Å². The molecule has 0 saturated heterocycles. The molecule has 0 atom stereocenters. The summed E-state index contributed by atoms with van der Waals surface area (Å²) >= 11 is 0. The molecule has 0 saturated carbocycles. The van der Waals surface area contributed by atoms with Gasteiger partial charge in [0, 0.05) is 56.0 Å². The molecular formula is C51H33N5. The van der Waals surface area contributed by atoms with Crippen LogP contribution in [0.4, 0.5) is 0 Å². The molecule has 262 valence electrons. The van der Waals surface area contributed by atoms with Crippen LogP contribution in [0.2, 0.25) is 0 Å². The molecule has 0 fully saturated rings. The van der Waals surface area contributed by atoms with Crippen LogP contribution in [0.25, 0.3) is 100 Å². The van der Waals surface area contributed by atoms with Crippen molar-refractivity contribution in [1.82, 2.24) is 24.1 Å². The number of para-hydroxylation sites is 3. The van der Waals surface area contributed by atoms with E-state index >= 15 is 0 Å². The van der Waals surface area contributed by atoms with E-state index in [0.29, 0.717) is 5.82 Å². The molecule has 11 aromatic rings. The van der Waals surface area contributed by atoms with Gasteiger partial charge in [0.1, 0.15) is 0 Å². The van der Waals surface area contributed by atoms with Gasteiger partial charge < -0.3 is 9.13 Å². The average Bonchev–Trinajstić information content (AvgIpc) is 3.80. The first kappa shape index (κ1) is 31.9. The molecule has 5 nitrogen and oxygen atoms in total. The summed E-state index contributed by atoms with van der Waals surface area (Å²) in [7, 11) is 0. The number of fused-ring (bicyclic) bond motifs is 6. The molecule has 0 aliphatic carbocycles. The van der Waals surface area contributed by atoms with Crippen molar-refractivity contribution in [2.75, 3.05) is 0 Å². The second kappa shape index (κ2) is 13.0. The van der Waals surface area contributed by atoms with Gasteiger partial charge in [-0.2, -0.15) is 0 Å². The standard InChI is InChI=1S/C51H33N5/c1-4-15-34(16-5-1)44-33-45(54-51(53-44)35-17-6-2-7-18-35)37-19-12-22-39(31-37)56-46-26-11-10-23-41(46)42-25-13-24-40(50(42)56)36-28-29-47-43(32-36)49-48(27-14-30-52-49)55(47)38-20-8-3-9-21-38/h1-33H. The zero-order valence-electron chi connectivity index (χ0n) is 30.3. The molecule has 4 aromatic heterocycles. The van der Waals surface area contributed by atoms with Crippen LogP contribution in [0.15, 0.2) is 200 Å². The van der Waals surface area contributed by atoms with Crippen LogP contribution < -0.4 is 0 Å². The maximum atomic E-state index is 5.16. The third kappa shape index (κ3) is 5.21. The average molecular weight is 716 g/mol. The minimum absolute atomic E-state index is 0.699. The summed E-state index contributed by atoms with van der Waals surface area (Å²) in [6, 6.07) is 68.3. The Hall–Kier alpha value is -7.63. The van der Waals surface area contributed by atoms with Crippen LogP contribution >= 0.6 is 0 Å². The van der Waals surface area contributed by atoms with Gasteiger partial charge in [-0.15, -0.1) is 0 Å². The van der Waals surface area contributed by atoms with Gasteiger partial charge in [0.05, 0.1) is 39.0 Å². The molecule has 7 aromatic carbocycles. The molecule has 0 amide bonds. The second-order valence-electron chi connectivity index (χ2n) is 14.1. The van der Waals surface area contributed by atoms with Gasteiger partial charge in [-0.1, -0.05) is 133 Å². The van der Waals surface area contributed by atoms with Crippen molar-refractivity contribution in [3.05, 3.63) is 200 Å². The van der Waals surface area contributed by atoms with E-state index < -0.39 is 0 Å². The maximum absolute atomic E-state index is 5.16. The van der Waals surface area contributed by atoms with Gasteiger partial charge in [0.25, 0.3) is 0 Å². The fourth-order valence-electron chi connectivity index (χ4n) is 8.25. The highest BCUT2D eigenvalue weighted by atomic mass is 15.0. The zero-order chi connectivity index (χ0) is 37.0. The van der Waals surface area contributed by atoms with E-state index in [2.05, 4.69) is 173 Å². The van der Waals surface area contributed by atoms with E-state index in [-0.39, 0.29) is 0 Å². The van der Waals surface area contributed by atoms with E-state index in [0.717, 1.165) is 83.5 Å². The van der Waals surface area contributed by atoms with E-state index in [1.54, 1.807) is 0 Å². The lowest BCUT2D eigenvalue weighted by atomic mass is 10.00. The summed E-state index contributed by atoms with van der Waals surface area (Å²) in [5, 5.41) is 3.53. The molecule has 4 heterocycles. The van der Waals surface area contributed by atoms with Crippen LogP contribution in [0.3, 0.4) is 0 Å². The van der Waals surface area contributed by atoms with Crippen molar-refractivity contribution in [3.63, 3.8) is 0 Å². The van der Waals surface area contributed by atoms with Gasteiger partial charge in [-0.25, -0.2) is 9.97 Å². The van der Waals surface area contributed by atoms with Crippen molar-refractivity contribution in [2.45, 2.75) is 0 Å². The van der Waals surface area contributed by atoms with Crippen molar-refractivity contribution in [2.24, 2.45) is 0 Å². The molecule has 0 spiro atoms. The fourth-order valence-corrected chi connectivity index (χ4v) is 8.25. The first-order chi connectivity index (χ1) is 27.8. The monoisotopic (exact) mass is 715 g/mol. The molecule has 0 unspecified atom stereocenters. The number of hydrogen-bond acceptors (Lipinski definition) is 3. The molecule has 0 bridgehead atoms. The Morgan fingerprint density at radius 3 is 1.80 bits per heavy atom. The quantitative estimate of drug-likeness (QED) is 0.172. The third-order valence-electron chi connectivity index (χ3n) is 10.8. The summed E-state index contributed by atoms with van der Waals surface area (Å²) in [6.45, 7) is 0. The maximum Gasteiger partial charge on any atom is 0.160 e. The van der Waals surface area contributed by atoms with Crippen LogP contribution in [-0.4, -0.2) is 24.1 Å². The molecule has 0 radical (unpaired) electrons. The summed E-state index contributed by atoms with van der Waals surface area (Å²) < 4.78 is 4.72. The SMILES string of the molecule is c1ccc(-c2cc(-c3cccc(-n4c5ccccc5c5cccc(-c6ccc7c(c6)c6ncccc6n7-c6ccccc6)c54)c3)nc(-c3ccccc3)n2)cc1. The fraction of sp³-hybridized carbons (Fsp3) is 0. The van der Waals surface area contributed by atoms with Gasteiger partial charge in [0.2, 0.25) is 0 Å². The number of aromatic nitrogens is 5. The van der Waals surface area contributed by atoms with E-state index in [1.165, 1.54) is 10.8 Å². The Bertz CT molecular complexity index is 3180. The Morgan fingerprint density at radius 1 is 0.357 bits per heavy atom. The lowest BCUT2D eigenvalue weighted by Gasteiger charge is -2.14. The lowest BCUT2D eigenvalue weighted by Crippen LogP contribution is -1.98. The molecule has 5 heteroatoms. The Kier molecular flexibility index (Phi) is 7.42. The Labute approximate surface area is 323 Å². The first-order valence-electron chi connectivity index (χ1n) is 18.9. The van der Waals surface area contributed by atoms with Gasteiger partial charge in [-0.3, -0.25) is 4.98 Å². The number of nitrogens with zero attached hydrogens (tertiary/aromatic N) is 5. The number of pyridine rings is 1. The van der Waals surface area contributed by atoms with Crippen molar-refractivity contribution < 1.29 is 0 Å². The molecule has 0 aliphatic rings. The van der Waals surface area contributed by atoms with Crippen LogP contribution in [0, 0.1) is 0 Å². The van der Waals surface area contributed by atoms with Crippen LogP contribution in [-0.2, 0) is 0 Å². The van der Waals surface area contributed by atoms with E-state index in [4.69, 9.17) is 15.0 Å². The number of hydrogen-bond donors (Lipinski definition) is 0. The predicted molar refractivity (Wildman–Crippen MR) is 230 cm³/mol. The van der Waals surface area contributed by atoms with E-state index in [1.807, 2.05) is 36.5 Å². The summed E-state index contributed by atoms with van der Waals surface area (Å²) in [5.41, 5.74) is 14.8. The largest absolute Gasteiger partial charge is 0.309 e. The minimum atomic E-state index is 0.699. The summed E-state index contributed by atoms with van der Waals surface area (Å²) in [4.78, 5) is 15.1. The molecule has 0 N–H and O–H groups in total. The van der Waals surface area contributed by atoms with Crippen molar-refractivity contribution in [3.8, 4) is 56.4 Å². The first-order valence-corrected chi connectivity index (χ1v) is 18.9. The molecule has 56 heavy (non-hydrogen) atoms. The highest BCUT2D eigenvalue weighted by Gasteiger charge is 2.20. The number of rotatable bonds is 6. The Balaban J connectivity index is 1.12.